The maximum absolute atomic E-state index is 15.3. The summed E-state index contributed by atoms with van der Waals surface area (Å²) in [6.07, 6.45) is 7.11. The van der Waals surface area contributed by atoms with E-state index in [9.17, 15) is 5.11 Å². The van der Waals surface area contributed by atoms with E-state index in [1.54, 1.807) is 37.7 Å². The van der Waals surface area contributed by atoms with Gasteiger partial charge in [0.15, 0.2) is 17.4 Å². The van der Waals surface area contributed by atoms with E-state index in [0.717, 1.165) is 43.2 Å². The quantitative estimate of drug-likeness (QED) is 0.512. The number of ether oxygens (including phenoxy) is 2. The second-order valence-electron chi connectivity index (χ2n) is 9.74. The highest BCUT2D eigenvalue weighted by Gasteiger charge is 2.48. The fourth-order valence-electron chi connectivity index (χ4n) is 5.52. The topological polar surface area (TPSA) is 106 Å². The first-order valence-electron chi connectivity index (χ1n) is 12.4. The molecule has 188 valence electrons. The largest absolute Gasteiger partial charge is 0.507 e. The van der Waals surface area contributed by atoms with Crippen LogP contribution < -0.4 is 19.7 Å². The number of pyridine rings is 1. The lowest BCUT2D eigenvalue weighted by atomic mass is 9.96. The molecule has 10 heteroatoms. The minimum atomic E-state index is -0.937. The summed E-state index contributed by atoms with van der Waals surface area (Å²) >= 11 is 0. The first-order valence-corrected chi connectivity index (χ1v) is 12.4. The Kier molecular flexibility index (Phi) is 5.83. The van der Waals surface area contributed by atoms with Gasteiger partial charge in [0.1, 0.15) is 11.9 Å². The van der Waals surface area contributed by atoms with Crippen molar-refractivity contribution in [1.29, 1.82) is 0 Å². The molecule has 2 bridgehead atoms. The molecular formula is C26H29FN6O3. The van der Waals surface area contributed by atoms with Crippen LogP contribution in [-0.2, 0) is 0 Å². The van der Waals surface area contributed by atoms with Gasteiger partial charge in [0.05, 0.1) is 32.0 Å². The number of anilines is 1. The molecule has 3 fully saturated rings. The lowest BCUT2D eigenvalue weighted by Crippen LogP contribution is -2.57. The molecule has 4 heterocycles. The van der Waals surface area contributed by atoms with Gasteiger partial charge in [0.25, 0.3) is 5.88 Å². The summed E-state index contributed by atoms with van der Waals surface area (Å²) in [5, 5.41) is 22.9. The van der Waals surface area contributed by atoms with Gasteiger partial charge in [-0.25, -0.2) is 14.4 Å². The number of phenolic OH excluding ortho intramolecular Hbond substituents is 1. The van der Waals surface area contributed by atoms with E-state index in [1.165, 1.54) is 7.11 Å². The average Bonchev–Trinajstić information content (AvgIpc) is 3.66. The molecule has 9 nitrogen and oxygen atoms in total. The number of fused-ring (bicyclic) bond motifs is 2. The zero-order chi connectivity index (χ0) is 24.8. The molecule has 2 aromatic heterocycles. The Morgan fingerprint density at radius 2 is 1.86 bits per heavy atom. The van der Waals surface area contributed by atoms with Crippen LogP contribution in [0.3, 0.4) is 0 Å². The van der Waals surface area contributed by atoms with Crippen molar-refractivity contribution in [1.82, 2.24) is 25.5 Å². The summed E-state index contributed by atoms with van der Waals surface area (Å²) in [5.74, 6) is 1.82. The lowest BCUT2D eigenvalue weighted by Gasteiger charge is -2.40. The monoisotopic (exact) mass is 492 g/mol. The van der Waals surface area contributed by atoms with Crippen molar-refractivity contribution in [3.05, 3.63) is 36.7 Å². The molecule has 0 amide bonds. The molecule has 2 N–H and O–H groups in total. The van der Waals surface area contributed by atoms with Gasteiger partial charge < -0.3 is 24.8 Å². The number of aromatic nitrogens is 4. The molecule has 36 heavy (non-hydrogen) atoms. The summed E-state index contributed by atoms with van der Waals surface area (Å²) in [6, 6.07) is 7.39. The van der Waals surface area contributed by atoms with E-state index in [-0.39, 0.29) is 23.9 Å². The van der Waals surface area contributed by atoms with Gasteiger partial charge in [0.2, 0.25) is 0 Å². The van der Waals surface area contributed by atoms with Crippen molar-refractivity contribution in [3.63, 3.8) is 0 Å². The van der Waals surface area contributed by atoms with Crippen LogP contribution in [0.15, 0.2) is 36.7 Å². The van der Waals surface area contributed by atoms with E-state index in [1.807, 2.05) is 6.07 Å². The Bertz CT molecular complexity index is 1250. The van der Waals surface area contributed by atoms with Crippen molar-refractivity contribution in [2.45, 2.75) is 62.4 Å². The van der Waals surface area contributed by atoms with E-state index in [4.69, 9.17) is 9.47 Å². The third-order valence-electron chi connectivity index (χ3n) is 7.47. The Morgan fingerprint density at radius 3 is 2.56 bits per heavy atom. The maximum atomic E-state index is 15.3. The summed E-state index contributed by atoms with van der Waals surface area (Å²) in [4.78, 5) is 10.9. The van der Waals surface area contributed by atoms with Gasteiger partial charge >= 0.3 is 0 Å². The highest BCUT2D eigenvalue weighted by molar-refractivity contribution is 5.73. The predicted octanol–water partition coefficient (Wildman–Crippen LogP) is 3.52. The standard InChI is InChI=1S/C26H29FN6O3/c1-35-22-10-15(12-29-26(22)36-2)14-3-7-18(21(34)9-14)25-28-13-23(31-32-25)33(17-5-6-17)20-11-16-4-8-19(30-16)24(20)27/h3,7,9-10,12-13,16-17,19-20,24,30,34H,4-6,8,11H2,1-2H3/t16-,19-,20+,24-/m0/s1. The first kappa shape index (κ1) is 22.9. The van der Waals surface area contributed by atoms with Gasteiger partial charge in [-0.1, -0.05) is 6.07 Å². The summed E-state index contributed by atoms with van der Waals surface area (Å²) in [6.45, 7) is 0. The SMILES string of the molecule is COc1cc(-c2ccc(-c3ncc(N(C4CC4)[C@@H]4C[C@@H]5CC[C@H](N5)[C@@H]4F)nn3)c(O)c2)cnc1OC. The second kappa shape index (κ2) is 9.16. The van der Waals surface area contributed by atoms with E-state index in [0.29, 0.717) is 34.9 Å². The number of hydrogen-bond acceptors (Lipinski definition) is 9. The Balaban J connectivity index is 1.25. The lowest BCUT2D eigenvalue weighted by molar-refractivity contribution is 0.171. The van der Waals surface area contributed by atoms with Crippen LogP contribution in [0.2, 0.25) is 0 Å². The zero-order valence-electron chi connectivity index (χ0n) is 20.3. The van der Waals surface area contributed by atoms with Crippen molar-refractivity contribution in [3.8, 4) is 39.9 Å². The summed E-state index contributed by atoms with van der Waals surface area (Å²) in [5.41, 5.74) is 1.98. The Hall–Kier alpha value is -3.53. The molecule has 1 aromatic carbocycles. The Labute approximate surface area is 208 Å². The maximum Gasteiger partial charge on any atom is 0.256 e. The molecule has 0 spiro atoms. The van der Waals surface area contributed by atoms with Crippen molar-refractivity contribution in [2.24, 2.45) is 0 Å². The van der Waals surface area contributed by atoms with Gasteiger partial charge in [-0.2, -0.15) is 0 Å². The van der Waals surface area contributed by atoms with E-state index >= 15 is 4.39 Å². The highest BCUT2D eigenvalue weighted by Crippen LogP contribution is 2.40. The smallest absolute Gasteiger partial charge is 0.256 e. The van der Waals surface area contributed by atoms with Gasteiger partial charge in [0, 0.05) is 29.9 Å². The number of alkyl halides is 1. The number of nitrogens with one attached hydrogen (secondary N) is 1. The third kappa shape index (κ3) is 4.09. The predicted molar refractivity (Wildman–Crippen MR) is 132 cm³/mol. The number of phenols is 1. The summed E-state index contributed by atoms with van der Waals surface area (Å²) in [7, 11) is 3.08. The van der Waals surface area contributed by atoms with Crippen LogP contribution in [0, 0.1) is 0 Å². The zero-order valence-corrected chi connectivity index (χ0v) is 20.3. The number of methoxy groups -OCH3 is 2. The number of aromatic hydroxyl groups is 1. The fourth-order valence-corrected chi connectivity index (χ4v) is 5.52. The van der Waals surface area contributed by atoms with Crippen molar-refractivity contribution in [2.75, 3.05) is 19.1 Å². The molecule has 1 aliphatic carbocycles. The fraction of sp³-hybridized carbons (Fsp3) is 0.462. The van der Waals surface area contributed by atoms with E-state index in [2.05, 4.69) is 30.4 Å². The number of nitrogens with zero attached hydrogens (tertiary/aromatic N) is 5. The van der Waals surface area contributed by atoms with Crippen molar-refractivity contribution < 1.29 is 19.0 Å². The molecule has 3 aromatic rings. The highest BCUT2D eigenvalue weighted by atomic mass is 19.1. The van der Waals surface area contributed by atoms with Crippen LogP contribution in [0.1, 0.15) is 32.1 Å². The van der Waals surface area contributed by atoms with Crippen LogP contribution in [0.5, 0.6) is 17.4 Å². The van der Waals surface area contributed by atoms with Crippen LogP contribution in [0.4, 0.5) is 10.2 Å². The van der Waals surface area contributed by atoms with E-state index < -0.39 is 6.17 Å². The molecule has 3 aliphatic rings. The molecular weight excluding hydrogens is 463 g/mol. The minimum absolute atomic E-state index is 0.0228. The molecule has 0 unspecified atom stereocenters. The molecule has 1 saturated carbocycles. The molecule has 0 radical (unpaired) electrons. The van der Waals surface area contributed by atoms with Gasteiger partial charge in [-0.15, -0.1) is 10.2 Å². The summed E-state index contributed by atoms with van der Waals surface area (Å²) < 4.78 is 25.8. The Morgan fingerprint density at radius 1 is 1.00 bits per heavy atom. The first-order chi connectivity index (χ1) is 17.6. The number of benzene rings is 1. The molecule has 6 rings (SSSR count). The molecule has 2 saturated heterocycles. The average molecular weight is 493 g/mol. The number of hydrogen-bond donors (Lipinski definition) is 2. The van der Waals surface area contributed by atoms with Crippen LogP contribution in [-0.4, -0.2) is 69.8 Å². The van der Waals surface area contributed by atoms with Crippen LogP contribution in [0.25, 0.3) is 22.5 Å². The van der Waals surface area contributed by atoms with Gasteiger partial charge in [-0.05, 0) is 55.9 Å². The number of piperidine rings is 1. The molecule has 4 atom stereocenters. The second-order valence-corrected chi connectivity index (χ2v) is 9.74. The van der Waals surface area contributed by atoms with Crippen LogP contribution >= 0.6 is 0 Å². The molecule has 2 aliphatic heterocycles. The van der Waals surface area contributed by atoms with Crippen molar-refractivity contribution >= 4 is 5.82 Å². The minimum Gasteiger partial charge on any atom is -0.507 e. The third-order valence-corrected chi connectivity index (χ3v) is 7.47. The number of rotatable bonds is 7. The number of halogens is 1. The van der Waals surface area contributed by atoms with Gasteiger partial charge in [-0.3, -0.25) is 0 Å². The normalized spacial score (nSPS) is 25.0.